The summed E-state index contributed by atoms with van der Waals surface area (Å²) in [6.45, 7) is 6.96. The number of nitrogens with one attached hydrogen (secondary N) is 1. The maximum Gasteiger partial charge on any atom is 0.0781 e. The minimum atomic E-state index is 0.137. The Morgan fingerprint density at radius 2 is 1.71 bits per heavy atom. The fourth-order valence-corrected chi connectivity index (χ4v) is 1.22. The van der Waals surface area contributed by atoms with Crippen molar-refractivity contribution < 1.29 is 14.2 Å². The molecule has 0 aliphatic heterocycles. The third-order valence-corrected chi connectivity index (χ3v) is 1.84. The lowest BCUT2D eigenvalue weighted by Crippen LogP contribution is -2.38. The van der Waals surface area contributed by atoms with Gasteiger partial charge in [0, 0.05) is 14.2 Å². The van der Waals surface area contributed by atoms with Crippen LogP contribution in [0.5, 0.6) is 0 Å². The monoisotopic (exact) mass is 205 g/mol. The molecule has 1 N–H and O–H groups in total. The van der Waals surface area contributed by atoms with Crippen LogP contribution in [0.25, 0.3) is 0 Å². The van der Waals surface area contributed by atoms with E-state index in [1.54, 1.807) is 14.2 Å². The van der Waals surface area contributed by atoms with E-state index in [0.29, 0.717) is 19.8 Å². The van der Waals surface area contributed by atoms with E-state index in [9.17, 15) is 0 Å². The van der Waals surface area contributed by atoms with Gasteiger partial charge in [-0.25, -0.2) is 0 Å². The van der Waals surface area contributed by atoms with Gasteiger partial charge in [0.2, 0.25) is 0 Å². The Morgan fingerprint density at radius 1 is 1.07 bits per heavy atom. The van der Waals surface area contributed by atoms with Gasteiger partial charge in [0.05, 0.1) is 32.0 Å². The van der Waals surface area contributed by atoms with E-state index < -0.39 is 0 Å². The van der Waals surface area contributed by atoms with Crippen molar-refractivity contribution in [3.63, 3.8) is 0 Å². The van der Waals surface area contributed by atoms with Gasteiger partial charge in [0.15, 0.2) is 0 Å². The van der Waals surface area contributed by atoms with Crippen molar-refractivity contribution in [2.45, 2.75) is 26.0 Å². The van der Waals surface area contributed by atoms with Crippen LogP contribution in [-0.4, -0.2) is 52.7 Å². The summed E-state index contributed by atoms with van der Waals surface area (Å²) in [7, 11) is 3.37. The number of rotatable bonds is 9. The standard InChI is InChI=1S/C10H23NO3/c1-5-11-10(7-13-4)8-14-9(2)6-12-3/h9-11H,5-8H2,1-4H3. The van der Waals surface area contributed by atoms with Crippen molar-refractivity contribution in [3.05, 3.63) is 0 Å². The van der Waals surface area contributed by atoms with Gasteiger partial charge in [0.1, 0.15) is 0 Å². The average Bonchev–Trinajstić information content (AvgIpc) is 2.15. The minimum absolute atomic E-state index is 0.137. The lowest BCUT2D eigenvalue weighted by atomic mass is 10.3. The second-order valence-corrected chi connectivity index (χ2v) is 3.31. The SMILES string of the molecule is CCNC(COC)COC(C)COC. The smallest absolute Gasteiger partial charge is 0.0781 e. The number of likely N-dealkylation sites (N-methyl/N-ethyl adjacent to an activating group) is 1. The maximum atomic E-state index is 5.58. The van der Waals surface area contributed by atoms with Crippen molar-refractivity contribution >= 4 is 0 Å². The molecule has 0 saturated carbocycles. The molecule has 14 heavy (non-hydrogen) atoms. The van der Waals surface area contributed by atoms with Crippen molar-refractivity contribution in [1.82, 2.24) is 5.32 Å². The molecule has 0 saturated heterocycles. The molecule has 0 aliphatic carbocycles. The molecular formula is C10H23NO3. The normalized spacial score (nSPS) is 15.4. The molecule has 0 fully saturated rings. The van der Waals surface area contributed by atoms with Crippen LogP contribution >= 0.6 is 0 Å². The predicted octanol–water partition coefficient (Wildman–Crippen LogP) is 0.662. The van der Waals surface area contributed by atoms with E-state index in [1.807, 2.05) is 6.92 Å². The van der Waals surface area contributed by atoms with E-state index in [2.05, 4.69) is 12.2 Å². The third-order valence-electron chi connectivity index (χ3n) is 1.84. The van der Waals surface area contributed by atoms with Crippen LogP contribution in [-0.2, 0) is 14.2 Å². The van der Waals surface area contributed by atoms with Gasteiger partial charge in [-0.05, 0) is 13.5 Å². The van der Waals surface area contributed by atoms with Crippen LogP contribution in [0.1, 0.15) is 13.8 Å². The molecule has 0 rings (SSSR count). The van der Waals surface area contributed by atoms with E-state index in [1.165, 1.54) is 0 Å². The Hall–Kier alpha value is -0.160. The summed E-state index contributed by atoms with van der Waals surface area (Å²) in [5.74, 6) is 0. The average molecular weight is 205 g/mol. The Kier molecular flexibility index (Phi) is 9.29. The maximum absolute atomic E-state index is 5.58. The van der Waals surface area contributed by atoms with Crippen molar-refractivity contribution in [2.75, 3.05) is 40.6 Å². The van der Waals surface area contributed by atoms with Gasteiger partial charge in [-0.2, -0.15) is 0 Å². The summed E-state index contributed by atoms with van der Waals surface area (Å²) in [5.41, 5.74) is 0. The van der Waals surface area contributed by atoms with E-state index in [-0.39, 0.29) is 12.1 Å². The van der Waals surface area contributed by atoms with Crippen LogP contribution in [0.4, 0.5) is 0 Å². The minimum Gasteiger partial charge on any atom is -0.383 e. The topological polar surface area (TPSA) is 39.7 Å². The van der Waals surface area contributed by atoms with Gasteiger partial charge < -0.3 is 19.5 Å². The Morgan fingerprint density at radius 3 is 2.21 bits per heavy atom. The third kappa shape index (κ3) is 7.26. The fourth-order valence-electron chi connectivity index (χ4n) is 1.22. The first-order chi connectivity index (χ1) is 6.74. The number of hydrogen-bond acceptors (Lipinski definition) is 4. The molecule has 0 amide bonds. The van der Waals surface area contributed by atoms with Crippen LogP contribution in [0, 0.1) is 0 Å². The summed E-state index contributed by atoms with van der Waals surface area (Å²) in [6.07, 6.45) is 0.137. The number of hydrogen-bond donors (Lipinski definition) is 1. The second-order valence-electron chi connectivity index (χ2n) is 3.31. The van der Waals surface area contributed by atoms with Gasteiger partial charge in [-0.15, -0.1) is 0 Å². The molecule has 4 heteroatoms. The zero-order valence-corrected chi connectivity index (χ0v) is 9.71. The molecule has 0 aromatic heterocycles. The molecule has 0 radical (unpaired) electrons. The summed E-state index contributed by atoms with van der Waals surface area (Å²) in [6, 6.07) is 0.268. The lowest BCUT2D eigenvalue weighted by Gasteiger charge is -2.19. The quantitative estimate of drug-likeness (QED) is 0.600. The molecule has 0 bridgehead atoms. The molecule has 0 spiro atoms. The highest BCUT2D eigenvalue weighted by molar-refractivity contribution is 4.64. The summed E-state index contributed by atoms with van der Waals surface area (Å²) in [4.78, 5) is 0. The largest absolute Gasteiger partial charge is 0.383 e. The van der Waals surface area contributed by atoms with Gasteiger partial charge >= 0.3 is 0 Å². The number of methoxy groups -OCH3 is 2. The summed E-state index contributed by atoms with van der Waals surface area (Å²) in [5, 5.41) is 3.29. The first-order valence-corrected chi connectivity index (χ1v) is 5.07. The Bertz CT molecular complexity index is 116. The zero-order chi connectivity index (χ0) is 10.8. The first kappa shape index (κ1) is 13.8. The Balaban J connectivity index is 3.57. The highest BCUT2D eigenvalue weighted by atomic mass is 16.5. The van der Waals surface area contributed by atoms with Gasteiger partial charge in [0.25, 0.3) is 0 Å². The highest BCUT2D eigenvalue weighted by Crippen LogP contribution is 1.94. The lowest BCUT2D eigenvalue weighted by molar-refractivity contribution is -0.00938. The summed E-state index contributed by atoms with van der Waals surface area (Å²) < 4.78 is 15.6. The van der Waals surface area contributed by atoms with Crippen LogP contribution in [0.3, 0.4) is 0 Å². The molecule has 0 aliphatic rings. The molecule has 0 aromatic rings. The van der Waals surface area contributed by atoms with Crippen LogP contribution in [0.15, 0.2) is 0 Å². The fraction of sp³-hybridized carbons (Fsp3) is 1.00. The van der Waals surface area contributed by atoms with Crippen molar-refractivity contribution in [2.24, 2.45) is 0 Å². The van der Waals surface area contributed by atoms with E-state index in [4.69, 9.17) is 14.2 Å². The molecule has 4 nitrogen and oxygen atoms in total. The van der Waals surface area contributed by atoms with Gasteiger partial charge in [-0.1, -0.05) is 6.92 Å². The number of ether oxygens (including phenoxy) is 3. The predicted molar refractivity (Wildman–Crippen MR) is 56.6 cm³/mol. The first-order valence-electron chi connectivity index (χ1n) is 5.07. The molecule has 2 atom stereocenters. The molecule has 2 unspecified atom stereocenters. The van der Waals surface area contributed by atoms with E-state index >= 15 is 0 Å². The highest BCUT2D eigenvalue weighted by Gasteiger charge is 2.09. The molecule has 86 valence electrons. The van der Waals surface area contributed by atoms with Crippen molar-refractivity contribution in [3.8, 4) is 0 Å². The molecule has 0 heterocycles. The van der Waals surface area contributed by atoms with Gasteiger partial charge in [-0.3, -0.25) is 0 Å². The Labute approximate surface area is 86.9 Å². The molecular weight excluding hydrogens is 182 g/mol. The van der Waals surface area contributed by atoms with Crippen molar-refractivity contribution in [1.29, 1.82) is 0 Å². The van der Waals surface area contributed by atoms with Crippen LogP contribution < -0.4 is 5.32 Å². The zero-order valence-electron chi connectivity index (χ0n) is 9.71. The molecule has 0 aromatic carbocycles. The second kappa shape index (κ2) is 9.40. The summed E-state index contributed by atoms with van der Waals surface area (Å²) >= 11 is 0. The van der Waals surface area contributed by atoms with Crippen LogP contribution in [0.2, 0.25) is 0 Å². The van der Waals surface area contributed by atoms with E-state index in [0.717, 1.165) is 6.54 Å².